The van der Waals surface area contributed by atoms with Gasteiger partial charge in [-0.3, -0.25) is 9.69 Å². The van der Waals surface area contributed by atoms with Gasteiger partial charge in [-0.1, -0.05) is 30.3 Å². The number of likely N-dealkylation sites (N-methyl/N-ethyl adjacent to an activating group) is 1. The zero-order valence-corrected chi connectivity index (χ0v) is 12.4. The number of amides is 1. The van der Waals surface area contributed by atoms with E-state index in [-0.39, 0.29) is 11.9 Å². The monoisotopic (exact) mass is 275 g/mol. The molecule has 0 bridgehead atoms. The number of nitrogens with zero attached hydrogens (tertiary/aromatic N) is 1. The Balaban J connectivity index is 1.78. The fourth-order valence-corrected chi connectivity index (χ4v) is 2.84. The van der Waals surface area contributed by atoms with Crippen LogP contribution in [-0.4, -0.2) is 43.5 Å². The standard InChI is InChI=1S/C16H25N3O/c1-13(18-16(20)10-17-2)15-8-9-19(12-15)11-14-6-4-3-5-7-14/h3-7,13,15,17H,8-12H2,1-2H3,(H,18,20). The van der Waals surface area contributed by atoms with E-state index in [1.54, 1.807) is 7.05 Å². The normalized spacial score (nSPS) is 20.8. The highest BCUT2D eigenvalue weighted by Crippen LogP contribution is 2.21. The average molecular weight is 275 g/mol. The van der Waals surface area contributed by atoms with E-state index in [4.69, 9.17) is 0 Å². The predicted octanol–water partition coefficient (Wildman–Crippen LogP) is 1.23. The number of rotatable bonds is 6. The van der Waals surface area contributed by atoms with Crippen LogP contribution in [0.3, 0.4) is 0 Å². The number of hydrogen-bond acceptors (Lipinski definition) is 3. The third kappa shape index (κ3) is 4.32. The fourth-order valence-electron chi connectivity index (χ4n) is 2.84. The Morgan fingerprint density at radius 2 is 2.15 bits per heavy atom. The van der Waals surface area contributed by atoms with Gasteiger partial charge in [-0.25, -0.2) is 0 Å². The predicted molar refractivity (Wildman–Crippen MR) is 81.4 cm³/mol. The number of nitrogens with one attached hydrogen (secondary N) is 2. The minimum absolute atomic E-state index is 0.0847. The van der Waals surface area contributed by atoms with Crippen LogP contribution in [0, 0.1) is 5.92 Å². The van der Waals surface area contributed by atoms with Crippen molar-refractivity contribution < 1.29 is 4.79 Å². The molecule has 20 heavy (non-hydrogen) atoms. The second kappa shape index (κ2) is 7.41. The first kappa shape index (κ1) is 15.0. The molecule has 1 heterocycles. The van der Waals surface area contributed by atoms with Crippen molar-refractivity contribution in [1.29, 1.82) is 0 Å². The van der Waals surface area contributed by atoms with Gasteiger partial charge in [0, 0.05) is 19.1 Å². The van der Waals surface area contributed by atoms with Gasteiger partial charge >= 0.3 is 0 Å². The maximum Gasteiger partial charge on any atom is 0.234 e. The van der Waals surface area contributed by atoms with Crippen LogP contribution in [0.4, 0.5) is 0 Å². The van der Waals surface area contributed by atoms with Gasteiger partial charge in [0.2, 0.25) is 5.91 Å². The molecule has 1 aliphatic heterocycles. The Bertz CT molecular complexity index is 421. The quantitative estimate of drug-likeness (QED) is 0.821. The van der Waals surface area contributed by atoms with Gasteiger partial charge in [0.1, 0.15) is 0 Å². The molecular weight excluding hydrogens is 250 g/mol. The minimum Gasteiger partial charge on any atom is -0.352 e. The van der Waals surface area contributed by atoms with Crippen molar-refractivity contribution >= 4 is 5.91 Å². The van der Waals surface area contributed by atoms with Crippen LogP contribution in [0.15, 0.2) is 30.3 Å². The van der Waals surface area contributed by atoms with Gasteiger partial charge < -0.3 is 10.6 Å². The van der Waals surface area contributed by atoms with E-state index in [1.807, 2.05) is 0 Å². The molecule has 110 valence electrons. The molecule has 1 amide bonds. The first-order valence-electron chi connectivity index (χ1n) is 7.39. The second-order valence-electron chi connectivity index (χ2n) is 5.66. The summed E-state index contributed by atoms with van der Waals surface area (Å²) in [5.74, 6) is 0.640. The minimum atomic E-state index is 0.0847. The van der Waals surface area contributed by atoms with Crippen LogP contribution in [-0.2, 0) is 11.3 Å². The number of carbonyl (C=O) groups excluding carboxylic acids is 1. The number of hydrogen-bond donors (Lipinski definition) is 2. The summed E-state index contributed by atoms with van der Waals surface area (Å²) in [7, 11) is 1.79. The van der Waals surface area contributed by atoms with Gasteiger partial charge in [0.15, 0.2) is 0 Å². The molecule has 1 aromatic carbocycles. The summed E-state index contributed by atoms with van der Waals surface area (Å²) in [4.78, 5) is 14.1. The van der Waals surface area contributed by atoms with E-state index >= 15 is 0 Å². The van der Waals surface area contributed by atoms with Crippen LogP contribution < -0.4 is 10.6 Å². The van der Waals surface area contributed by atoms with Gasteiger partial charge in [0.05, 0.1) is 6.54 Å². The largest absolute Gasteiger partial charge is 0.352 e. The summed E-state index contributed by atoms with van der Waals surface area (Å²) in [6.07, 6.45) is 1.16. The molecule has 2 rings (SSSR count). The second-order valence-corrected chi connectivity index (χ2v) is 5.66. The zero-order chi connectivity index (χ0) is 14.4. The Hall–Kier alpha value is -1.39. The summed E-state index contributed by atoms with van der Waals surface area (Å²) in [6.45, 7) is 5.70. The van der Waals surface area contributed by atoms with Gasteiger partial charge in [-0.2, -0.15) is 0 Å². The Kier molecular flexibility index (Phi) is 5.56. The molecule has 0 saturated carbocycles. The highest BCUT2D eigenvalue weighted by molar-refractivity contribution is 5.78. The van der Waals surface area contributed by atoms with E-state index in [9.17, 15) is 4.79 Å². The topological polar surface area (TPSA) is 44.4 Å². The highest BCUT2D eigenvalue weighted by atomic mass is 16.1. The van der Waals surface area contributed by atoms with Crippen LogP contribution in [0.2, 0.25) is 0 Å². The van der Waals surface area contributed by atoms with Crippen LogP contribution in [0.1, 0.15) is 18.9 Å². The maximum absolute atomic E-state index is 11.6. The van der Waals surface area contributed by atoms with Crippen molar-refractivity contribution in [3.63, 3.8) is 0 Å². The maximum atomic E-state index is 11.6. The molecule has 2 unspecified atom stereocenters. The molecule has 1 saturated heterocycles. The molecule has 4 heteroatoms. The smallest absolute Gasteiger partial charge is 0.234 e. The lowest BCUT2D eigenvalue weighted by molar-refractivity contribution is -0.121. The molecule has 0 spiro atoms. The first-order valence-corrected chi connectivity index (χ1v) is 7.39. The highest BCUT2D eigenvalue weighted by Gasteiger charge is 2.27. The average Bonchev–Trinajstić information content (AvgIpc) is 2.89. The van der Waals surface area contributed by atoms with Crippen molar-refractivity contribution in [2.75, 3.05) is 26.7 Å². The first-order chi connectivity index (χ1) is 9.69. The molecule has 1 fully saturated rings. The van der Waals surface area contributed by atoms with Crippen molar-refractivity contribution in [3.05, 3.63) is 35.9 Å². The Morgan fingerprint density at radius 1 is 1.40 bits per heavy atom. The summed E-state index contributed by atoms with van der Waals surface area (Å²) in [5, 5.41) is 5.96. The third-order valence-corrected chi connectivity index (χ3v) is 3.99. The third-order valence-electron chi connectivity index (χ3n) is 3.99. The molecule has 0 aromatic heterocycles. The Labute approximate surface area is 121 Å². The van der Waals surface area contributed by atoms with Crippen molar-refractivity contribution in [2.24, 2.45) is 5.92 Å². The number of benzene rings is 1. The lowest BCUT2D eigenvalue weighted by Crippen LogP contribution is -2.42. The van der Waals surface area contributed by atoms with E-state index in [1.165, 1.54) is 5.56 Å². The van der Waals surface area contributed by atoms with Crippen LogP contribution >= 0.6 is 0 Å². The van der Waals surface area contributed by atoms with E-state index in [0.717, 1.165) is 26.1 Å². The molecule has 0 aliphatic carbocycles. The summed E-state index contributed by atoms with van der Waals surface area (Å²) in [6, 6.07) is 10.8. The number of likely N-dealkylation sites (tertiary alicyclic amines) is 1. The Morgan fingerprint density at radius 3 is 2.85 bits per heavy atom. The van der Waals surface area contributed by atoms with Crippen LogP contribution in [0.5, 0.6) is 0 Å². The molecule has 2 N–H and O–H groups in total. The lowest BCUT2D eigenvalue weighted by Gasteiger charge is -2.21. The zero-order valence-electron chi connectivity index (χ0n) is 12.4. The molecule has 2 atom stereocenters. The van der Waals surface area contributed by atoms with Gasteiger partial charge in [-0.15, -0.1) is 0 Å². The number of carbonyl (C=O) groups is 1. The summed E-state index contributed by atoms with van der Waals surface area (Å²) < 4.78 is 0. The molecule has 0 radical (unpaired) electrons. The van der Waals surface area contributed by atoms with Gasteiger partial charge in [0.25, 0.3) is 0 Å². The summed E-state index contributed by atoms with van der Waals surface area (Å²) >= 11 is 0. The fraction of sp³-hybridized carbons (Fsp3) is 0.562. The molecule has 1 aromatic rings. The molecule has 4 nitrogen and oxygen atoms in total. The van der Waals surface area contributed by atoms with Crippen molar-refractivity contribution in [3.8, 4) is 0 Å². The SMILES string of the molecule is CNCC(=O)NC(C)C1CCN(Cc2ccccc2)C1. The van der Waals surface area contributed by atoms with Crippen molar-refractivity contribution in [2.45, 2.75) is 25.9 Å². The van der Waals surface area contributed by atoms with E-state index in [2.05, 4.69) is 52.8 Å². The lowest BCUT2D eigenvalue weighted by atomic mass is 10.0. The molecular formula is C16H25N3O. The van der Waals surface area contributed by atoms with Crippen LogP contribution in [0.25, 0.3) is 0 Å². The van der Waals surface area contributed by atoms with E-state index in [0.29, 0.717) is 12.5 Å². The summed E-state index contributed by atoms with van der Waals surface area (Å²) in [5.41, 5.74) is 1.36. The van der Waals surface area contributed by atoms with Gasteiger partial charge in [-0.05, 0) is 38.4 Å². The van der Waals surface area contributed by atoms with E-state index < -0.39 is 0 Å². The van der Waals surface area contributed by atoms with Crippen molar-refractivity contribution in [1.82, 2.24) is 15.5 Å². The molecule has 1 aliphatic rings.